The van der Waals surface area contributed by atoms with Gasteiger partial charge in [0.25, 0.3) is 0 Å². The van der Waals surface area contributed by atoms with Crippen molar-refractivity contribution in [3.8, 4) is 11.5 Å². The number of ether oxygens (including phenoxy) is 1. The second-order valence-corrected chi connectivity index (χ2v) is 4.39. The molecule has 0 spiro atoms. The second-order valence-electron chi connectivity index (χ2n) is 4.39. The Balaban J connectivity index is 2.31. The van der Waals surface area contributed by atoms with E-state index in [4.69, 9.17) is 10.5 Å². The summed E-state index contributed by atoms with van der Waals surface area (Å²) in [4.78, 5) is 0. The van der Waals surface area contributed by atoms with Crippen LogP contribution in [0.4, 0.5) is 4.39 Å². The van der Waals surface area contributed by atoms with Crippen molar-refractivity contribution in [2.45, 2.75) is 19.9 Å². The molecule has 18 heavy (non-hydrogen) atoms. The normalized spacial score (nSPS) is 12.2. The van der Waals surface area contributed by atoms with Crippen LogP contribution in [0.5, 0.6) is 11.5 Å². The molecule has 0 heterocycles. The lowest BCUT2D eigenvalue weighted by molar-refractivity contribution is 0.469. The molecular weight excluding hydrogens is 229 g/mol. The zero-order valence-corrected chi connectivity index (χ0v) is 10.5. The van der Waals surface area contributed by atoms with E-state index in [0.29, 0.717) is 17.1 Å². The van der Waals surface area contributed by atoms with Crippen LogP contribution in [0.2, 0.25) is 0 Å². The summed E-state index contributed by atoms with van der Waals surface area (Å²) in [6.45, 7) is 3.81. The molecular formula is C15H16FNO. The minimum absolute atomic E-state index is 0.277. The van der Waals surface area contributed by atoms with Gasteiger partial charge in [0.1, 0.15) is 17.3 Å². The molecule has 0 radical (unpaired) electrons. The van der Waals surface area contributed by atoms with E-state index in [1.165, 1.54) is 12.1 Å². The van der Waals surface area contributed by atoms with E-state index < -0.39 is 0 Å². The van der Waals surface area contributed by atoms with Gasteiger partial charge in [-0.1, -0.05) is 17.7 Å². The molecule has 0 amide bonds. The van der Waals surface area contributed by atoms with Crippen molar-refractivity contribution in [1.29, 1.82) is 0 Å². The van der Waals surface area contributed by atoms with Gasteiger partial charge in [0.05, 0.1) is 0 Å². The van der Waals surface area contributed by atoms with Gasteiger partial charge in [-0.2, -0.15) is 0 Å². The number of nitrogens with two attached hydrogens (primary N) is 1. The van der Waals surface area contributed by atoms with Gasteiger partial charge in [-0.05, 0) is 44.2 Å². The fourth-order valence-electron chi connectivity index (χ4n) is 1.70. The summed E-state index contributed by atoms with van der Waals surface area (Å²) >= 11 is 0. The number of hydrogen-bond acceptors (Lipinski definition) is 2. The Morgan fingerprint density at radius 2 is 1.78 bits per heavy atom. The average Bonchev–Trinajstić information content (AvgIpc) is 2.34. The van der Waals surface area contributed by atoms with Crippen LogP contribution in [0.3, 0.4) is 0 Å². The Morgan fingerprint density at radius 1 is 1.11 bits per heavy atom. The van der Waals surface area contributed by atoms with Gasteiger partial charge in [0.15, 0.2) is 0 Å². The highest BCUT2D eigenvalue weighted by atomic mass is 19.1. The Hall–Kier alpha value is -1.87. The van der Waals surface area contributed by atoms with Crippen LogP contribution in [0.1, 0.15) is 24.1 Å². The zero-order valence-electron chi connectivity index (χ0n) is 10.5. The molecule has 1 atom stereocenters. The molecule has 0 saturated carbocycles. The monoisotopic (exact) mass is 245 g/mol. The quantitative estimate of drug-likeness (QED) is 0.888. The maximum Gasteiger partial charge on any atom is 0.132 e. The number of benzene rings is 2. The summed E-state index contributed by atoms with van der Waals surface area (Å²) in [6.07, 6.45) is 0. The lowest BCUT2D eigenvalue weighted by Crippen LogP contribution is -2.07. The lowest BCUT2D eigenvalue weighted by Gasteiger charge is -2.14. The van der Waals surface area contributed by atoms with Crippen molar-refractivity contribution < 1.29 is 9.13 Å². The summed E-state index contributed by atoms with van der Waals surface area (Å²) in [5.74, 6) is 1.00. The highest BCUT2D eigenvalue weighted by Crippen LogP contribution is 2.29. The first-order valence-electron chi connectivity index (χ1n) is 5.86. The van der Waals surface area contributed by atoms with Crippen molar-refractivity contribution in [1.82, 2.24) is 0 Å². The first-order valence-corrected chi connectivity index (χ1v) is 5.86. The van der Waals surface area contributed by atoms with E-state index in [-0.39, 0.29) is 11.9 Å². The smallest absolute Gasteiger partial charge is 0.132 e. The third-order valence-corrected chi connectivity index (χ3v) is 2.71. The van der Waals surface area contributed by atoms with Gasteiger partial charge in [-0.25, -0.2) is 4.39 Å². The topological polar surface area (TPSA) is 35.2 Å². The highest BCUT2D eigenvalue weighted by Gasteiger charge is 2.10. The highest BCUT2D eigenvalue weighted by molar-refractivity contribution is 5.40. The van der Waals surface area contributed by atoms with Gasteiger partial charge in [-0.15, -0.1) is 0 Å². The first-order chi connectivity index (χ1) is 8.56. The fourth-order valence-corrected chi connectivity index (χ4v) is 1.70. The summed E-state index contributed by atoms with van der Waals surface area (Å²) in [5.41, 5.74) is 7.64. The summed E-state index contributed by atoms with van der Waals surface area (Å²) < 4.78 is 18.9. The molecule has 2 N–H and O–H groups in total. The minimum atomic E-state index is -0.307. The van der Waals surface area contributed by atoms with Crippen LogP contribution in [-0.2, 0) is 0 Å². The van der Waals surface area contributed by atoms with Crippen LogP contribution in [0.25, 0.3) is 0 Å². The molecule has 2 aromatic rings. The number of aryl methyl sites for hydroxylation is 1. The molecule has 2 aromatic carbocycles. The van der Waals surface area contributed by atoms with Crippen molar-refractivity contribution in [2.75, 3.05) is 0 Å². The molecule has 94 valence electrons. The molecule has 0 fully saturated rings. The van der Waals surface area contributed by atoms with Crippen LogP contribution in [-0.4, -0.2) is 0 Å². The van der Waals surface area contributed by atoms with E-state index in [1.807, 2.05) is 31.2 Å². The van der Waals surface area contributed by atoms with E-state index in [2.05, 4.69) is 0 Å². The predicted octanol–water partition coefficient (Wildman–Crippen LogP) is 3.95. The molecule has 0 aliphatic carbocycles. The van der Waals surface area contributed by atoms with E-state index in [9.17, 15) is 4.39 Å². The molecule has 0 saturated heterocycles. The largest absolute Gasteiger partial charge is 0.457 e. The number of halogens is 1. The van der Waals surface area contributed by atoms with Crippen molar-refractivity contribution in [3.05, 3.63) is 59.4 Å². The van der Waals surface area contributed by atoms with Gasteiger partial charge in [0.2, 0.25) is 0 Å². The maximum absolute atomic E-state index is 13.2. The zero-order chi connectivity index (χ0) is 13.1. The molecule has 3 heteroatoms. The van der Waals surface area contributed by atoms with Crippen LogP contribution in [0, 0.1) is 12.7 Å². The Kier molecular flexibility index (Phi) is 3.63. The van der Waals surface area contributed by atoms with Gasteiger partial charge < -0.3 is 10.5 Å². The van der Waals surface area contributed by atoms with Crippen LogP contribution in [0.15, 0.2) is 42.5 Å². The number of hydrogen-bond donors (Lipinski definition) is 1. The molecule has 0 unspecified atom stereocenters. The van der Waals surface area contributed by atoms with Gasteiger partial charge >= 0.3 is 0 Å². The van der Waals surface area contributed by atoms with Crippen molar-refractivity contribution in [3.63, 3.8) is 0 Å². The molecule has 0 aliphatic heterocycles. The third-order valence-electron chi connectivity index (χ3n) is 2.71. The Bertz CT molecular complexity index is 535. The lowest BCUT2D eigenvalue weighted by atomic mass is 10.1. The average molecular weight is 245 g/mol. The third kappa shape index (κ3) is 2.87. The van der Waals surface area contributed by atoms with Crippen LogP contribution < -0.4 is 10.5 Å². The standard InChI is InChI=1S/C15H16FNO/c1-10-3-6-13(7-4-10)18-15-8-5-12(16)9-14(15)11(2)17/h3-9,11H,17H2,1-2H3/t11-/m0/s1. The fraction of sp³-hybridized carbons (Fsp3) is 0.200. The molecule has 2 rings (SSSR count). The first kappa shape index (κ1) is 12.6. The van der Waals surface area contributed by atoms with E-state index in [0.717, 1.165) is 5.56 Å². The second kappa shape index (κ2) is 5.19. The molecule has 0 aliphatic rings. The van der Waals surface area contributed by atoms with E-state index >= 15 is 0 Å². The Labute approximate surface area is 106 Å². The molecule has 0 bridgehead atoms. The summed E-state index contributed by atoms with van der Waals surface area (Å²) in [7, 11) is 0. The van der Waals surface area contributed by atoms with Gasteiger partial charge in [-0.3, -0.25) is 0 Å². The minimum Gasteiger partial charge on any atom is -0.457 e. The maximum atomic E-state index is 13.2. The van der Waals surface area contributed by atoms with E-state index in [1.54, 1.807) is 13.0 Å². The predicted molar refractivity (Wildman–Crippen MR) is 70.3 cm³/mol. The van der Waals surface area contributed by atoms with Crippen molar-refractivity contribution in [2.24, 2.45) is 5.73 Å². The molecule has 0 aromatic heterocycles. The Morgan fingerprint density at radius 3 is 2.39 bits per heavy atom. The van der Waals surface area contributed by atoms with Crippen LogP contribution >= 0.6 is 0 Å². The van der Waals surface area contributed by atoms with Crippen molar-refractivity contribution >= 4 is 0 Å². The molecule has 2 nitrogen and oxygen atoms in total. The number of rotatable bonds is 3. The summed E-state index contributed by atoms with van der Waals surface area (Å²) in [5, 5.41) is 0. The summed E-state index contributed by atoms with van der Waals surface area (Å²) in [6, 6.07) is 11.8. The van der Waals surface area contributed by atoms with Gasteiger partial charge in [0, 0.05) is 11.6 Å². The SMILES string of the molecule is Cc1ccc(Oc2ccc(F)cc2[C@H](C)N)cc1.